The number of hydrogen-bond donors (Lipinski definition) is 0. The van der Waals surface area contributed by atoms with Gasteiger partial charge < -0.3 is 0 Å². The highest BCUT2D eigenvalue weighted by atomic mass is 15.0. The maximum absolute atomic E-state index is 7.20. The highest BCUT2D eigenvalue weighted by molar-refractivity contribution is 6.63. The third kappa shape index (κ3) is 6.40. The lowest BCUT2D eigenvalue weighted by Crippen LogP contribution is -2.46. The molecule has 0 unspecified atom stereocenters. The van der Waals surface area contributed by atoms with Crippen molar-refractivity contribution in [3.63, 3.8) is 0 Å². The fourth-order valence-corrected chi connectivity index (χ4v) is 8.85. The molecule has 0 fully saturated rings. The number of nitrogens with zero attached hydrogens (tertiary/aromatic N) is 3. The third-order valence-corrected chi connectivity index (χ3v) is 12.0. The Balaban J connectivity index is 1.08. The molecule has 11 aromatic rings. The van der Waals surface area contributed by atoms with Crippen LogP contribution in [0.15, 0.2) is 188 Å². The van der Waals surface area contributed by atoms with Crippen molar-refractivity contribution in [1.29, 1.82) is 0 Å². The van der Waals surface area contributed by atoms with E-state index in [1.165, 1.54) is 16.3 Å². The van der Waals surface area contributed by atoms with Gasteiger partial charge in [-0.05, 0) is 101 Å². The van der Waals surface area contributed by atoms with Crippen molar-refractivity contribution in [1.82, 2.24) is 15.0 Å². The summed E-state index contributed by atoms with van der Waals surface area (Å²) in [5.41, 5.74) is 9.08. The maximum atomic E-state index is 7.20. The molecule has 0 bridgehead atoms. The Morgan fingerprint density at radius 3 is 1.60 bits per heavy atom. The number of hydrogen-bond acceptors (Lipinski definition) is 3. The molecule has 0 atom stereocenters. The van der Waals surface area contributed by atoms with Crippen LogP contribution in [0.1, 0.15) is 0 Å². The first-order valence-corrected chi connectivity index (χ1v) is 20.5. The van der Waals surface area contributed by atoms with E-state index in [2.05, 4.69) is 140 Å². The maximum Gasteiger partial charge on any atom is 0.164 e. The van der Waals surface area contributed by atoms with Gasteiger partial charge >= 0.3 is 0 Å². The van der Waals surface area contributed by atoms with E-state index in [1.807, 2.05) is 48.5 Å². The molecule has 0 N–H and O–H groups in total. The van der Waals surface area contributed by atoms with Gasteiger partial charge in [0.2, 0.25) is 0 Å². The van der Waals surface area contributed by atoms with Crippen LogP contribution in [0.5, 0.6) is 0 Å². The average Bonchev–Trinajstić information content (AvgIpc) is 3.33. The second kappa shape index (κ2) is 15.2. The van der Waals surface area contributed by atoms with E-state index >= 15 is 0 Å². The van der Waals surface area contributed by atoms with Crippen LogP contribution in [0.2, 0.25) is 0 Å². The summed E-state index contributed by atoms with van der Waals surface area (Å²) in [4.78, 5) is 15.3. The Morgan fingerprint density at radius 1 is 0.258 bits per heavy atom. The first kappa shape index (κ1) is 37.5. The first-order valence-electron chi connectivity index (χ1n) is 20.5. The molecule has 3 nitrogen and oxygen atoms in total. The lowest BCUT2D eigenvalue weighted by Gasteiger charge is -2.23. The fourth-order valence-electron chi connectivity index (χ4n) is 8.85. The molecule has 0 saturated heterocycles. The van der Waals surface area contributed by atoms with Gasteiger partial charge in [-0.1, -0.05) is 180 Å². The normalized spacial score (nSPS) is 11.5. The molecule has 0 amide bonds. The molecule has 1 heterocycles. The molecule has 278 valence electrons. The Bertz CT molecular complexity index is 3570. The van der Waals surface area contributed by atoms with E-state index in [1.54, 1.807) is 0 Å². The van der Waals surface area contributed by atoms with Crippen molar-refractivity contribution in [3.8, 4) is 67.5 Å². The molecular formula is C55H31B4N3. The molecule has 1 aromatic heterocycles. The molecule has 7 heteroatoms. The average molecular weight is 777 g/mol. The third-order valence-electron chi connectivity index (χ3n) is 12.0. The van der Waals surface area contributed by atoms with Crippen LogP contribution in [0.25, 0.3) is 111 Å². The summed E-state index contributed by atoms with van der Waals surface area (Å²) in [6, 6.07) is 64.9. The number of fused-ring (bicyclic) bond motifs is 5. The second-order valence-electron chi connectivity index (χ2n) is 15.7. The van der Waals surface area contributed by atoms with E-state index in [0.29, 0.717) is 39.5 Å². The zero-order valence-electron chi connectivity index (χ0n) is 33.5. The van der Waals surface area contributed by atoms with Crippen molar-refractivity contribution in [3.05, 3.63) is 188 Å². The van der Waals surface area contributed by atoms with E-state index in [9.17, 15) is 0 Å². The van der Waals surface area contributed by atoms with Gasteiger partial charge in [0, 0.05) is 16.7 Å². The highest BCUT2D eigenvalue weighted by Crippen LogP contribution is 2.37. The molecule has 10 aromatic carbocycles. The molecule has 0 aliphatic heterocycles. The number of aromatic nitrogens is 3. The summed E-state index contributed by atoms with van der Waals surface area (Å²) in [6.07, 6.45) is 0. The molecule has 62 heavy (non-hydrogen) atoms. The van der Waals surface area contributed by atoms with Crippen LogP contribution in [0.3, 0.4) is 0 Å². The smallest absolute Gasteiger partial charge is 0.164 e. The van der Waals surface area contributed by atoms with Crippen LogP contribution in [-0.4, -0.2) is 46.3 Å². The van der Waals surface area contributed by atoms with Crippen LogP contribution in [0, 0.1) is 0 Å². The van der Waals surface area contributed by atoms with Crippen molar-refractivity contribution in [2.45, 2.75) is 0 Å². The van der Waals surface area contributed by atoms with Crippen LogP contribution >= 0.6 is 0 Å². The van der Waals surface area contributed by atoms with Gasteiger partial charge in [0.05, 0.1) is 0 Å². The summed E-state index contributed by atoms with van der Waals surface area (Å²) in [5.74, 6) is 1.24. The summed E-state index contributed by atoms with van der Waals surface area (Å²) in [6.45, 7) is 0. The van der Waals surface area contributed by atoms with Crippen LogP contribution in [0.4, 0.5) is 0 Å². The van der Waals surface area contributed by atoms with Gasteiger partial charge in [-0.25, -0.2) is 15.0 Å². The monoisotopic (exact) mass is 777 g/mol. The van der Waals surface area contributed by atoms with E-state index < -0.39 is 0 Å². The van der Waals surface area contributed by atoms with E-state index in [-0.39, 0.29) is 10.9 Å². The van der Waals surface area contributed by atoms with Crippen molar-refractivity contribution >= 4 is 96.3 Å². The zero-order chi connectivity index (χ0) is 41.9. The minimum Gasteiger partial charge on any atom is -0.208 e. The van der Waals surface area contributed by atoms with Gasteiger partial charge in [0.25, 0.3) is 0 Å². The highest BCUT2D eigenvalue weighted by Gasteiger charge is 2.22. The molecule has 0 saturated carbocycles. The summed E-state index contributed by atoms with van der Waals surface area (Å²) in [7, 11) is 27.7. The largest absolute Gasteiger partial charge is 0.208 e. The second-order valence-corrected chi connectivity index (χ2v) is 15.7. The summed E-state index contributed by atoms with van der Waals surface area (Å²) >= 11 is 0. The molecule has 0 aliphatic rings. The topological polar surface area (TPSA) is 38.7 Å². The summed E-state index contributed by atoms with van der Waals surface area (Å²) < 4.78 is 0. The minimum atomic E-state index is 0.206. The van der Waals surface area contributed by atoms with Gasteiger partial charge in [-0.2, -0.15) is 0 Å². The van der Waals surface area contributed by atoms with Gasteiger partial charge in [0.1, 0.15) is 31.4 Å². The van der Waals surface area contributed by atoms with Gasteiger partial charge in [0.15, 0.2) is 17.5 Å². The summed E-state index contributed by atoms with van der Waals surface area (Å²) in [5, 5.41) is 8.78. The Hall–Kier alpha value is -7.49. The SMILES string of the molecule is [B]c1c([B])c(-c2ccc3cc(-c4cccc5ccccc45)ccc3c2)c([B])c(-c2nc(-c3ccccc3)nc(-c3cc4ccc(-c5ccccc5)cc4c4ccccc34)n2)c1[B]. The lowest BCUT2D eigenvalue weighted by molar-refractivity contribution is 1.08. The van der Waals surface area contributed by atoms with E-state index in [4.69, 9.17) is 46.3 Å². The lowest BCUT2D eigenvalue weighted by atomic mass is 9.63. The minimum absolute atomic E-state index is 0.206. The molecule has 0 spiro atoms. The van der Waals surface area contributed by atoms with Gasteiger partial charge in [-0.3, -0.25) is 0 Å². The fraction of sp³-hybridized carbons (Fsp3) is 0. The Labute approximate surface area is 365 Å². The first-order chi connectivity index (χ1) is 30.4. The van der Waals surface area contributed by atoms with E-state index in [0.717, 1.165) is 65.7 Å². The molecule has 8 radical (unpaired) electrons. The van der Waals surface area contributed by atoms with Crippen molar-refractivity contribution < 1.29 is 0 Å². The Kier molecular flexibility index (Phi) is 9.20. The Morgan fingerprint density at radius 2 is 0.823 bits per heavy atom. The van der Waals surface area contributed by atoms with Gasteiger partial charge in [-0.15, -0.1) is 5.46 Å². The molecule has 11 rings (SSSR count). The number of benzene rings is 10. The quantitative estimate of drug-likeness (QED) is 0.125. The molecular weight excluding hydrogens is 746 g/mol. The van der Waals surface area contributed by atoms with Crippen molar-refractivity contribution in [2.24, 2.45) is 0 Å². The standard InChI is InChI=1S/C55H31B4N3/c56-49-47(40-27-24-35-28-38(25-22-36(35)29-40)42-21-11-17-33-14-7-8-18-41(33)42)50(57)52(59)51(58)48(49)55-61-53(34-15-5-2-6-16-34)60-54(62-55)46-31-39-26-23-37(32-12-3-1-4-13-32)30-45(39)43-19-9-10-20-44(43)46/h1-31H. The predicted octanol–water partition coefficient (Wildman–Crippen LogP) is 9.66. The molecule has 0 aliphatic carbocycles. The van der Waals surface area contributed by atoms with Crippen LogP contribution < -0.4 is 21.9 Å². The van der Waals surface area contributed by atoms with Crippen molar-refractivity contribution in [2.75, 3.05) is 0 Å². The van der Waals surface area contributed by atoms with Crippen LogP contribution in [-0.2, 0) is 0 Å². The predicted molar refractivity (Wildman–Crippen MR) is 264 cm³/mol. The number of rotatable bonds is 6. The zero-order valence-corrected chi connectivity index (χ0v) is 33.5.